The lowest BCUT2D eigenvalue weighted by molar-refractivity contribution is 0.291. The third kappa shape index (κ3) is 2.54. The summed E-state index contributed by atoms with van der Waals surface area (Å²) in [6, 6.07) is 6.21. The molecule has 0 radical (unpaired) electrons. The number of nitrogens with two attached hydrogens (primary N) is 1. The van der Waals surface area contributed by atoms with Gasteiger partial charge in [0.25, 0.3) is 0 Å². The lowest BCUT2D eigenvalue weighted by Crippen LogP contribution is -2.49. The lowest BCUT2D eigenvalue weighted by atomic mass is 10.3. The third-order valence-corrected chi connectivity index (χ3v) is 3.61. The fourth-order valence-corrected chi connectivity index (χ4v) is 2.73. The first-order chi connectivity index (χ1) is 9.24. The van der Waals surface area contributed by atoms with Crippen LogP contribution in [0.5, 0.6) is 0 Å². The number of thiocarbonyl (C=S) groups is 1. The number of aromatic nitrogens is 2. The van der Waals surface area contributed by atoms with Crippen LogP contribution in [0.25, 0.3) is 5.65 Å². The molecule has 0 atom stereocenters. The molecule has 2 aromatic heterocycles. The molecule has 1 fully saturated rings. The van der Waals surface area contributed by atoms with E-state index in [-0.39, 0.29) is 0 Å². The minimum absolute atomic E-state index is 0.574. The zero-order chi connectivity index (χ0) is 13.2. The predicted molar refractivity (Wildman–Crippen MR) is 80.6 cm³/mol. The first-order valence-corrected chi connectivity index (χ1v) is 6.82. The zero-order valence-electron chi connectivity index (χ0n) is 10.7. The van der Waals surface area contributed by atoms with Crippen LogP contribution >= 0.6 is 12.2 Å². The van der Waals surface area contributed by atoms with Gasteiger partial charge in [-0.15, -0.1) is 0 Å². The normalized spacial score (nSPS) is 16.9. The molecule has 0 spiro atoms. The monoisotopic (exact) mass is 275 g/mol. The fourth-order valence-electron chi connectivity index (χ4n) is 2.55. The molecule has 0 saturated carbocycles. The molecule has 0 bridgehead atoms. The highest BCUT2D eigenvalue weighted by atomic mass is 32.1. The van der Waals surface area contributed by atoms with Crippen molar-refractivity contribution in [2.75, 3.05) is 37.6 Å². The first kappa shape index (κ1) is 12.4. The highest BCUT2D eigenvalue weighted by Crippen LogP contribution is 2.18. The second kappa shape index (κ2) is 5.14. The van der Waals surface area contributed by atoms with Crippen LogP contribution in [0.1, 0.15) is 0 Å². The van der Waals surface area contributed by atoms with Crippen LogP contribution in [-0.2, 0) is 0 Å². The predicted octanol–water partition coefficient (Wildman–Crippen LogP) is 0.742. The van der Waals surface area contributed by atoms with Crippen molar-refractivity contribution in [3.63, 3.8) is 0 Å². The summed E-state index contributed by atoms with van der Waals surface area (Å²) < 4.78 is 2.13. The van der Waals surface area contributed by atoms with Crippen LogP contribution in [-0.4, -0.2) is 52.0 Å². The summed E-state index contributed by atoms with van der Waals surface area (Å²) in [5.41, 5.74) is 6.58. The molecule has 19 heavy (non-hydrogen) atoms. The van der Waals surface area contributed by atoms with Gasteiger partial charge in [0.1, 0.15) is 11.5 Å². The Kier molecular flexibility index (Phi) is 3.35. The Morgan fingerprint density at radius 1 is 1.26 bits per heavy atom. The van der Waals surface area contributed by atoms with Crippen LogP contribution in [0, 0.1) is 0 Å². The Morgan fingerprint density at radius 3 is 2.79 bits per heavy atom. The van der Waals surface area contributed by atoms with Gasteiger partial charge in [-0.2, -0.15) is 0 Å². The number of hydrogen-bond acceptors (Lipinski definition) is 4. The van der Waals surface area contributed by atoms with Gasteiger partial charge in [-0.25, -0.2) is 4.98 Å². The van der Waals surface area contributed by atoms with Gasteiger partial charge in [-0.1, -0.05) is 18.3 Å². The molecular weight excluding hydrogens is 258 g/mol. The SMILES string of the molecule is NC(=S)CN1CCN(c2cccc3nccn23)CC1. The summed E-state index contributed by atoms with van der Waals surface area (Å²) in [6.45, 7) is 4.67. The van der Waals surface area contributed by atoms with E-state index in [1.54, 1.807) is 0 Å². The van der Waals surface area contributed by atoms with E-state index < -0.39 is 0 Å². The summed E-state index contributed by atoms with van der Waals surface area (Å²) >= 11 is 4.96. The lowest BCUT2D eigenvalue weighted by Gasteiger charge is -2.35. The molecule has 3 heterocycles. The number of hydrogen-bond donors (Lipinski definition) is 1. The number of nitrogens with zero attached hydrogens (tertiary/aromatic N) is 4. The summed E-state index contributed by atoms with van der Waals surface area (Å²) in [5.74, 6) is 1.20. The van der Waals surface area contributed by atoms with Crippen LogP contribution in [0.15, 0.2) is 30.6 Å². The first-order valence-electron chi connectivity index (χ1n) is 6.42. The maximum atomic E-state index is 5.59. The molecule has 6 heteroatoms. The molecule has 100 valence electrons. The van der Waals surface area contributed by atoms with Crippen molar-refractivity contribution in [1.82, 2.24) is 14.3 Å². The van der Waals surface area contributed by atoms with Crippen LogP contribution in [0.4, 0.5) is 5.82 Å². The fraction of sp³-hybridized carbons (Fsp3) is 0.385. The van der Waals surface area contributed by atoms with E-state index in [4.69, 9.17) is 18.0 Å². The Morgan fingerprint density at radius 2 is 2.05 bits per heavy atom. The van der Waals surface area contributed by atoms with Crippen molar-refractivity contribution in [3.8, 4) is 0 Å². The van der Waals surface area contributed by atoms with Crippen molar-refractivity contribution in [3.05, 3.63) is 30.6 Å². The molecule has 3 rings (SSSR count). The third-order valence-electron chi connectivity index (χ3n) is 3.48. The molecule has 0 aliphatic carbocycles. The van der Waals surface area contributed by atoms with Crippen LogP contribution in [0.2, 0.25) is 0 Å². The van der Waals surface area contributed by atoms with Crippen molar-refractivity contribution in [2.24, 2.45) is 5.73 Å². The van der Waals surface area contributed by atoms with Gasteiger partial charge >= 0.3 is 0 Å². The Bertz CT molecular complexity index is 585. The number of fused-ring (bicyclic) bond motifs is 1. The minimum atomic E-state index is 0.574. The number of rotatable bonds is 3. The second-order valence-electron chi connectivity index (χ2n) is 4.77. The van der Waals surface area contributed by atoms with Crippen molar-refractivity contribution in [2.45, 2.75) is 0 Å². The average Bonchev–Trinajstić information content (AvgIpc) is 2.87. The van der Waals surface area contributed by atoms with E-state index in [0.29, 0.717) is 4.99 Å². The van der Waals surface area contributed by atoms with E-state index in [0.717, 1.165) is 38.4 Å². The maximum absolute atomic E-state index is 5.59. The van der Waals surface area contributed by atoms with Gasteiger partial charge in [0.15, 0.2) is 0 Å². The Labute approximate surface area is 117 Å². The number of imidazole rings is 1. The molecule has 1 aliphatic rings. The minimum Gasteiger partial charge on any atom is -0.392 e. The largest absolute Gasteiger partial charge is 0.392 e. The molecule has 0 unspecified atom stereocenters. The molecule has 1 aliphatic heterocycles. The van der Waals surface area contributed by atoms with E-state index in [9.17, 15) is 0 Å². The van der Waals surface area contributed by atoms with Gasteiger partial charge in [0.05, 0.1) is 4.99 Å². The van der Waals surface area contributed by atoms with Gasteiger partial charge in [-0.3, -0.25) is 9.30 Å². The van der Waals surface area contributed by atoms with Gasteiger partial charge in [0.2, 0.25) is 0 Å². The van der Waals surface area contributed by atoms with Crippen molar-refractivity contribution < 1.29 is 0 Å². The van der Waals surface area contributed by atoms with Crippen molar-refractivity contribution >= 4 is 28.7 Å². The Hall–Kier alpha value is -1.66. The quantitative estimate of drug-likeness (QED) is 0.838. The van der Waals surface area contributed by atoms with Gasteiger partial charge in [0, 0.05) is 45.1 Å². The molecule has 0 amide bonds. The standard InChI is InChI=1S/C13H17N5S/c14-11(19)10-16-6-8-17(9-7-16)13-3-1-2-12-15-4-5-18(12)13/h1-5H,6-10H2,(H2,14,19). The smallest absolute Gasteiger partial charge is 0.138 e. The number of anilines is 1. The summed E-state index contributed by atoms with van der Waals surface area (Å²) in [6.07, 6.45) is 3.84. The average molecular weight is 275 g/mol. The molecular formula is C13H17N5S. The molecule has 0 aromatic carbocycles. The topological polar surface area (TPSA) is 49.8 Å². The van der Waals surface area contributed by atoms with E-state index in [1.807, 2.05) is 18.5 Å². The second-order valence-corrected chi connectivity index (χ2v) is 5.29. The summed E-state index contributed by atoms with van der Waals surface area (Å²) in [4.78, 5) is 9.57. The van der Waals surface area contributed by atoms with Crippen LogP contribution in [0.3, 0.4) is 0 Å². The summed E-state index contributed by atoms with van der Waals surface area (Å²) in [7, 11) is 0. The van der Waals surface area contributed by atoms with Crippen molar-refractivity contribution in [1.29, 1.82) is 0 Å². The van der Waals surface area contributed by atoms with Gasteiger partial charge in [-0.05, 0) is 12.1 Å². The Balaban J connectivity index is 1.75. The molecule has 5 nitrogen and oxygen atoms in total. The zero-order valence-corrected chi connectivity index (χ0v) is 11.5. The summed E-state index contributed by atoms with van der Waals surface area (Å²) in [5, 5.41) is 0. The highest BCUT2D eigenvalue weighted by molar-refractivity contribution is 7.80. The molecule has 2 aromatic rings. The number of piperazine rings is 1. The van der Waals surface area contributed by atoms with E-state index in [1.165, 1.54) is 5.82 Å². The number of pyridine rings is 1. The van der Waals surface area contributed by atoms with E-state index in [2.05, 4.69) is 31.3 Å². The van der Waals surface area contributed by atoms with E-state index >= 15 is 0 Å². The maximum Gasteiger partial charge on any atom is 0.138 e. The van der Waals surface area contributed by atoms with Gasteiger partial charge < -0.3 is 10.6 Å². The molecule has 2 N–H and O–H groups in total. The highest BCUT2D eigenvalue weighted by Gasteiger charge is 2.18. The molecule has 1 saturated heterocycles. The van der Waals surface area contributed by atoms with Crippen LogP contribution < -0.4 is 10.6 Å².